The largest absolute Gasteiger partial charge is 0.480 e. The standard InChI is InChI=1S/C16H22FNO3/c1-11(8-12-6-5-7-13(17)10-12)9-14(19)18(4)16(2,3)15(20)21/h5-7,10-11H,8-9H2,1-4H3,(H,20,21). The first kappa shape index (κ1) is 17.1. The second-order valence-electron chi connectivity index (χ2n) is 5.96. The first-order valence-corrected chi connectivity index (χ1v) is 6.89. The molecule has 0 aliphatic rings. The number of rotatable bonds is 6. The summed E-state index contributed by atoms with van der Waals surface area (Å²) in [6.45, 7) is 4.87. The van der Waals surface area contributed by atoms with Crippen molar-refractivity contribution in [3.05, 3.63) is 35.6 Å². The average Bonchev–Trinajstić information content (AvgIpc) is 2.37. The van der Waals surface area contributed by atoms with Crippen LogP contribution in [0, 0.1) is 11.7 Å². The normalized spacial score (nSPS) is 12.8. The van der Waals surface area contributed by atoms with E-state index < -0.39 is 11.5 Å². The van der Waals surface area contributed by atoms with E-state index >= 15 is 0 Å². The lowest BCUT2D eigenvalue weighted by atomic mass is 9.96. The lowest BCUT2D eigenvalue weighted by molar-refractivity contribution is -0.155. The number of carboxylic acid groups (broad SMARTS) is 1. The van der Waals surface area contributed by atoms with E-state index in [-0.39, 0.29) is 24.1 Å². The van der Waals surface area contributed by atoms with Crippen molar-refractivity contribution in [1.82, 2.24) is 4.90 Å². The highest BCUT2D eigenvalue weighted by Gasteiger charge is 2.35. The first-order valence-electron chi connectivity index (χ1n) is 6.89. The van der Waals surface area contributed by atoms with E-state index in [9.17, 15) is 14.0 Å². The zero-order chi connectivity index (χ0) is 16.2. The summed E-state index contributed by atoms with van der Waals surface area (Å²) in [6, 6.07) is 6.28. The Hall–Kier alpha value is -1.91. The van der Waals surface area contributed by atoms with Gasteiger partial charge in [0.25, 0.3) is 0 Å². The minimum Gasteiger partial charge on any atom is -0.480 e. The Morgan fingerprint density at radius 2 is 2.00 bits per heavy atom. The van der Waals surface area contributed by atoms with Crippen molar-refractivity contribution in [2.24, 2.45) is 5.92 Å². The van der Waals surface area contributed by atoms with Gasteiger partial charge < -0.3 is 10.0 Å². The quantitative estimate of drug-likeness (QED) is 0.878. The van der Waals surface area contributed by atoms with Crippen LogP contribution in [0.3, 0.4) is 0 Å². The number of benzene rings is 1. The Labute approximate surface area is 124 Å². The predicted molar refractivity (Wildman–Crippen MR) is 78.4 cm³/mol. The van der Waals surface area contributed by atoms with Crippen molar-refractivity contribution in [2.45, 2.75) is 39.2 Å². The van der Waals surface area contributed by atoms with Crippen molar-refractivity contribution in [3.63, 3.8) is 0 Å². The molecule has 0 saturated heterocycles. The molecular formula is C16H22FNO3. The number of amides is 1. The summed E-state index contributed by atoms with van der Waals surface area (Å²) in [5, 5.41) is 9.12. The molecule has 0 radical (unpaired) electrons. The van der Waals surface area contributed by atoms with Gasteiger partial charge in [-0.3, -0.25) is 4.79 Å². The number of carboxylic acids is 1. The van der Waals surface area contributed by atoms with Crippen LogP contribution in [0.1, 0.15) is 32.8 Å². The molecule has 0 saturated carbocycles. The number of carbonyl (C=O) groups is 2. The highest BCUT2D eigenvalue weighted by atomic mass is 19.1. The average molecular weight is 295 g/mol. The molecule has 1 N–H and O–H groups in total. The van der Waals surface area contributed by atoms with Gasteiger partial charge in [-0.25, -0.2) is 9.18 Å². The van der Waals surface area contributed by atoms with E-state index in [1.54, 1.807) is 6.07 Å². The third-order valence-corrected chi connectivity index (χ3v) is 3.73. The smallest absolute Gasteiger partial charge is 0.329 e. The molecule has 0 aliphatic carbocycles. The number of hydrogen-bond acceptors (Lipinski definition) is 2. The molecule has 5 heteroatoms. The van der Waals surface area contributed by atoms with Gasteiger partial charge in [-0.15, -0.1) is 0 Å². The van der Waals surface area contributed by atoms with E-state index in [0.29, 0.717) is 6.42 Å². The second kappa shape index (κ2) is 6.70. The molecule has 0 aliphatic heterocycles. The number of nitrogens with zero attached hydrogens (tertiary/aromatic N) is 1. The number of aliphatic carboxylic acids is 1. The number of carbonyl (C=O) groups excluding carboxylic acids is 1. The summed E-state index contributed by atoms with van der Waals surface area (Å²) < 4.78 is 13.1. The Bertz CT molecular complexity index is 528. The molecule has 0 heterocycles. The lowest BCUT2D eigenvalue weighted by Crippen LogP contribution is -2.51. The predicted octanol–water partition coefficient (Wildman–Crippen LogP) is 2.72. The van der Waals surface area contributed by atoms with Gasteiger partial charge in [0.1, 0.15) is 11.4 Å². The van der Waals surface area contributed by atoms with E-state index in [1.807, 2.05) is 13.0 Å². The topological polar surface area (TPSA) is 57.6 Å². The van der Waals surface area contributed by atoms with Gasteiger partial charge in [0.15, 0.2) is 0 Å². The molecule has 0 bridgehead atoms. The summed E-state index contributed by atoms with van der Waals surface area (Å²) in [6.07, 6.45) is 0.800. The molecular weight excluding hydrogens is 273 g/mol. The molecule has 21 heavy (non-hydrogen) atoms. The Morgan fingerprint density at radius 1 is 1.38 bits per heavy atom. The molecule has 1 amide bonds. The molecule has 0 fully saturated rings. The zero-order valence-corrected chi connectivity index (χ0v) is 12.9. The van der Waals surface area contributed by atoms with E-state index in [0.717, 1.165) is 5.56 Å². The van der Waals surface area contributed by atoms with Crippen LogP contribution in [-0.2, 0) is 16.0 Å². The molecule has 1 rings (SSSR count). The third kappa shape index (κ3) is 4.55. The Balaban J connectivity index is 2.64. The van der Waals surface area contributed by atoms with Crippen LogP contribution in [0.2, 0.25) is 0 Å². The van der Waals surface area contributed by atoms with Crippen molar-refractivity contribution in [3.8, 4) is 0 Å². The molecule has 1 aromatic rings. The summed E-state index contributed by atoms with van der Waals surface area (Å²) in [7, 11) is 1.49. The van der Waals surface area contributed by atoms with Crippen LogP contribution in [0.25, 0.3) is 0 Å². The maximum atomic E-state index is 13.1. The van der Waals surface area contributed by atoms with Crippen LogP contribution in [0.15, 0.2) is 24.3 Å². The fraction of sp³-hybridized carbons (Fsp3) is 0.500. The highest BCUT2D eigenvalue weighted by Crippen LogP contribution is 2.18. The summed E-state index contributed by atoms with van der Waals surface area (Å²) >= 11 is 0. The Morgan fingerprint density at radius 3 is 2.52 bits per heavy atom. The van der Waals surface area contributed by atoms with Crippen LogP contribution >= 0.6 is 0 Å². The summed E-state index contributed by atoms with van der Waals surface area (Å²) in [5.74, 6) is -1.57. The number of likely N-dealkylation sites (N-methyl/N-ethyl adjacent to an activating group) is 1. The second-order valence-corrected chi connectivity index (χ2v) is 5.96. The number of hydrogen-bond donors (Lipinski definition) is 1. The number of halogens is 1. The molecule has 0 spiro atoms. The minimum absolute atomic E-state index is 0.00587. The van der Waals surface area contributed by atoms with Crippen LogP contribution in [-0.4, -0.2) is 34.5 Å². The van der Waals surface area contributed by atoms with Gasteiger partial charge in [0.2, 0.25) is 5.91 Å². The van der Waals surface area contributed by atoms with Gasteiger partial charge in [-0.1, -0.05) is 19.1 Å². The molecule has 116 valence electrons. The van der Waals surface area contributed by atoms with Crippen molar-refractivity contribution in [2.75, 3.05) is 7.05 Å². The molecule has 1 atom stereocenters. The third-order valence-electron chi connectivity index (χ3n) is 3.73. The van der Waals surface area contributed by atoms with E-state index in [2.05, 4.69) is 0 Å². The van der Waals surface area contributed by atoms with Gasteiger partial charge in [-0.05, 0) is 43.9 Å². The van der Waals surface area contributed by atoms with E-state index in [1.165, 1.54) is 37.9 Å². The summed E-state index contributed by atoms with van der Waals surface area (Å²) in [5.41, 5.74) is -0.411. The van der Waals surface area contributed by atoms with Gasteiger partial charge in [-0.2, -0.15) is 0 Å². The van der Waals surface area contributed by atoms with Gasteiger partial charge in [0, 0.05) is 13.5 Å². The van der Waals surface area contributed by atoms with Crippen LogP contribution in [0.4, 0.5) is 4.39 Å². The lowest BCUT2D eigenvalue weighted by Gasteiger charge is -2.32. The minimum atomic E-state index is -1.24. The molecule has 1 aromatic carbocycles. The summed E-state index contributed by atoms with van der Waals surface area (Å²) in [4.78, 5) is 24.5. The van der Waals surface area contributed by atoms with Crippen molar-refractivity contribution >= 4 is 11.9 Å². The maximum Gasteiger partial charge on any atom is 0.329 e. The molecule has 4 nitrogen and oxygen atoms in total. The highest BCUT2D eigenvalue weighted by molar-refractivity contribution is 5.86. The monoisotopic (exact) mass is 295 g/mol. The zero-order valence-electron chi connectivity index (χ0n) is 12.9. The van der Waals surface area contributed by atoms with Crippen molar-refractivity contribution in [1.29, 1.82) is 0 Å². The first-order chi connectivity index (χ1) is 9.64. The maximum absolute atomic E-state index is 13.1. The van der Waals surface area contributed by atoms with Crippen LogP contribution < -0.4 is 0 Å². The van der Waals surface area contributed by atoms with E-state index in [4.69, 9.17) is 5.11 Å². The fourth-order valence-corrected chi connectivity index (χ4v) is 2.03. The SMILES string of the molecule is CC(CC(=O)N(C)C(C)(C)C(=O)O)Cc1cccc(F)c1. The molecule has 0 aromatic heterocycles. The Kier molecular flexibility index (Phi) is 5.47. The van der Waals surface area contributed by atoms with Gasteiger partial charge >= 0.3 is 5.97 Å². The fourth-order valence-electron chi connectivity index (χ4n) is 2.03. The van der Waals surface area contributed by atoms with Crippen LogP contribution in [0.5, 0.6) is 0 Å². The van der Waals surface area contributed by atoms with Crippen molar-refractivity contribution < 1.29 is 19.1 Å². The molecule has 1 unspecified atom stereocenters. The van der Waals surface area contributed by atoms with Gasteiger partial charge in [0.05, 0.1) is 0 Å².